The molecule has 1 unspecified atom stereocenters. The van der Waals surface area contributed by atoms with Gasteiger partial charge in [-0.15, -0.1) is 0 Å². The Bertz CT molecular complexity index is 647. The Hall–Kier alpha value is -2.12. The number of para-hydroxylation sites is 1. The summed E-state index contributed by atoms with van der Waals surface area (Å²) in [6.45, 7) is 4.08. The Labute approximate surface area is 112 Å². The molecule has 1 aromatic carbocycles. The van der Waals surface area contributed by atoms with Crippen LogP contribution in [-0.4, -0.2) is 30.8 Å². The van der Waals surface area contributed by atoms with E-state index >= 15 is 0 Å². The van der Waals surface area contributed by atoms with Crippen LogP contribution in [0.4, 0.5) is 5.69 Å². The van der Waals surface area contributed by atoms with E-state index in [4.69, 9.17) is 10.00 Å². The van der Waals surface area contributed by atoms with Crippen molar-refractivity contribution < 1.29 is 4.74 Å². The molecular weight excluding hydrogens is 238 g/mol. The minimum atomic E-state index is -0.346. The van der Waals surface area contributed by atoms with Gasteiger partial charge in [0.1, 0.15) is 0 Å². The Morgan fingerprint density at radius 2 is 2.32 bits per heavy atom. The van der Waals surface area contributed by atoms with Crippen LogP contribution in [0, 0.1) is 18.3 Å². The van der Waals surface area contributed by atoms with Crippen molar-refractivity contribution in [2.75, 3.05) is 24.6 Å². The highest BCUT2D eigenvalue weighted by Crippen LogP contribution is 2.28. The van der Waals surface area contributed by atoms with E-state index in [2.05, 4.69) is 35.0 Å². The van der Waals surface area contributed by atoms with Crippen molar-refractivity contribution >= 4 is 16.6 Å². The molecule has 0 radical (unpaired) electrons. The maximum absolute atomic E-state index is 9.00. The molecule has 1 aliphatic rings. The number of fused-ring (bicyclic) bond motifs is 1. The second-order valence-electron chi connectivity index (χ2n) is 4.74. The number of rotatable bonds is 1. The summed E-state index contributed by atoms with van der Waals surface area (Å²) in [6, 6.07) is 10.4. The summed E-state index contributed by atoms with van der Waals surface area (Å²) >= 11 is 0. The highest BCUT2D eigenvalue weighted by Gasteiger charge is 2.21. The molecule has 2 heterocycles. The van der Waals surface area contributed by atoms with Gasteiger partial charge >= 0.3 is 0 Å². The summed E-state index contributed by atoms with van der Waals surface area (Å²) in [5, 5.41) is 10.1. The maximum Gasteiger partial charge on any atom is 0.161 e. The van der Waals surface area contributed by atoms with Crippen LogP contribution in [0.2, 0.25) is 0 Å². The molecule has 0 bridgehead atoms. The number of benzene rings is 1. The van der Waals surface area contributed by atoms with Gasteiger partial charge in [0.05, 0.1) is 24.7 Å². The molecule has 0 N–H and O–H groups in total. The molecule has 0 spiro atoms. The third-order valence-electron chi connectivity index (χ3n) is 3.50. The van der Waals surface area contributed by atoms with Crippen LogP contribution >= 0.6 is 0 Å². The summed E-state index contributed by atoms with van der Waals surface area (Å²) < 4.78 is 5.40. The van der Waals surface area contributed by atoms with Crippen LogP contribution in [0.3, 0.4) is 0 Å². The zero-order chi connectivity index (χ0) is 13.2. The van der Waals surface area contributed by atoms with E-state index in [1.54, 1.807) is 0 Å². The van der Waals surface area contributed by atoms with Crippen LogP contribution in [0.1, 0.15) is 5.56 Å². The van der Waals surface area contributed by atoms with Crippen LogP contribution in [-0.2, 0) is 4.74 Å². The number of hydrogen-bond donors (Lipinski definition) is 0. The minimum Gasteiger partial charge on any atom is -0.365 e. The van der Waals surface area contributed by atoms with Gasteiger partial charge in [-0.05, 0) is 18.6 Å². The van der Waals surface area contributed by atoms with E-state index in [0.29, 0.717) is 13.2 Å². The van der Waals surface area contributed by atoms with Gasteiger partial charge in [0, 0.05) is 23.8 Å². The largest absolute Gasteiger partial charge is 0.365 e. The quantitative estimate of drug-likeness (QED) is 0.782. The minimum absolute atomic E-state index is 0.346. The van der Waals surface area contributed by atoms with Crippen molar-refractivity contribution in [2.24, 2.45) is 0 Å². The van der Waals surface area contributed by atoms with Crippen LogP contribution in [0.15, 0.2) is 30.5 Å². The van der Waals surface area contributed by atoms with Crippen molar-refractivity contribution in [2.45, 2.75) is 13.0 Å². The van der Waals surface area contributed by atoms with Gasteiger partial charge < -0.3 is 9.64 Å². The van der Waals surface area contributed by atoms with Crippen molar-refractivity contribution in [3.05, 3.63) is 36.0 Å². The van der Waals surface area contributed by atoms with E-state index in [9.17, 15) is 0 Å². The van der Waals surface area contributed by atoms with Gasteiger partial charge in [0.2, 0.25) is 0 Å². The van der Waals surface area contributed by atoms with Crippen LogP contribution < -0.4 is 4.90 Å². The average Bonchev–Trinajstić information content (AvgIpc) is 2.47. The zero-order valence-electron chi connectivity index (χ0n) is 10.8. The predicted octanol–water partition coefficient (Wildman–Crippen LogP) is 2.27. The molecule has 4 heteroatoms. The molecule has 1 saturated heterocycles. The van der Waals surface area contributed by atoms with Gasteiger partial charge in [-0.25, -0.2) is 0 Å². The first-order valence-corrected chi connectivity index (χ1v) is 6.40. The number of aromatic nitrogens is 1. The number of nitrogens with zero attached hydrogens (tertiary/aromatic N) is 3. The highest BCUT2D eigenvalue weighted by molar-refractivity contribution is 5.93. The fourth-order valence-electron chi connectivity index (χ4n) is 2.53. The van der Waals surface area contributed by atoms with Crippen molar-refractivity contribution in [3.8, 4) is 6.07 Å². The second kappa shape index (κ2) is 4.87. The van der Waals surface area contributed by atoms with E-state index in [-0.39, 0.29) is 6.10 Å². The first kappa shape index (κ1) is 11.9. The summed E-state index contributed by atoms with van der Waals surface area (Å²) in [7, 11) is 0. The third-order valence-corrected chi connectivity index (χ3v) is 3.50. The monoisotopic (exact) mass is 253 g/mol. The lowest BCUT2D eigenvalue weighted by Gasteiger charge is -2.32. The lowest BCUT2D eigenvalue weighted by molar-refractivity contribution is 0.0765. The first-order chi connectivity index (χ1) is 9.29. The molecule has 19 heavy (non-hydrogen) atoms. The Morgan fingerprint density at radius 3 is 3.16 bits per heavy atom. The average molecular weight is 253 g/mol. The van der Waals surface area contributed by atoms with Crippen LogP contribution in [0.25, 0.3) is 10.9 Å². The van der Waals surface area contributed by atoms with E-state index < -0.39 is 0 Å². The van der Waals surface area contributed by atoms with E-state index in [1.807, 2.05) is 18.3 Å². The van der Waals surface area contributed by atoms with Gasteiger partial charge in [0.25, 0.3) is 0 Å². The highest BCUT2D eigenvalue weighted by atomic mass is 16.5. The van der Waals surface area contributed by atoms with E-state index in [1.165, 1.54) is 5.56 Å². The lowest BCUT2D eigenvalue weighted by Crippen LogP contribution is -2.41. The Morgan fingerprint density at radius 1 is 1.42 bits per heavy atom. The SMILES string of the molecule is Cc1cccc2c(N3CCOC(C#N)C3)ccnc12. The fraction of sp³-hybridized carbons (Fsp3) is 0.333. The lowest BCUT2D eigenvalue weighted by atomic mass is 10.1. The van der Waals surface area contributed by atoms with Gasteiger partial charge in [0.15, 0.2) is 6.10 Å². The molecule has 0 aliphatic carbocycles. The smallest absolute Gasteiger partial charge is 0.161 e. The van der Waals surface area contributed by atoms with Gasteiger partial charge in [-0.3, -0.25) is 4.98 Å². The molecule has 96 valence electrons. The number of nitriles is 1. The molecule has 1 atom stereocenters. The van der Waals surface area contributed by atoms with Crippen LogP contribution in [0.5, 0.6) is 0 Å². The number of morpholine rings is 1. The molecule has 0 saturated carbocycles. The van der Waals surface area contributed by atoms with Crippen molar-refractivity contribution in [1.29, 1.82) is 5.26 Å². The Balaban J connectivity index is 2.06. The Kier molecular flexibility index (Phi) is 3.06. The van der Waals surface area contributed by atoms with Gasteiger partial charge in [-0.1, -0.05) is 18.2 Å². The standard InChI is InChI=1S/C15H15N3O/c1-11-3-2-4-13-14(5-6-17-15(11)13)18-7-8-19-12(9-16)10-18/h2-6,12H,7-8,10H2,1H3. The fourth-order valence-corrected chi connectivity index (χ4v) is 2.53. The number of anilines is 1. The summed E-state index contributed by atoms with van der Waals surface area (Å²) in [5.74, 6) is 0. The number of aryl methyl sites for hydroxylation is 1. The second-order valence-corrected chi connectivity index (χ2v) is 4.74. The van der Waals surface area contributed by atoms with E-state index in [0.717, 1.165) is 23.1 Å². The molecule has 1 aliphatic heterocycles. The number of ether oxygens (including phenoxy) is 1. The van der Waals surface area contributed by atoms with Crippen molar-refractivity contribution in [3.63, 3.8) is 0 Å². The predicted molar refractivity (Wildman–Crippen MR) is 74.0 cm³/mol. The molecule has 4 nitrogen and oxygen atoms in total. The molecule has 1 aromatic heterocycles. The van der Waals surface area contributed by atoms with Crippen molar-refractivity contribution in [1.82, 2.24) is 4.98 Å². The normalized spacial score (nSPS) is 19.4. The molecular formula is C15H15N3O. The molecule has 3 rings (SSSR count). The molecule has 0 amide bonds. The molecule has 2 aromatic rings. The van der Waals surface area contributed by atoms with Gasteiger partial charge in [-0.2, -0.15) is 5.26 Å². The molecule has 1 fully saturated rings. The summed E-state index contributed by atoms with van der Waals surface area (Å²) in [4.78, 5) is 6.66. The topological polar surface area (TPSA) is 49.1 Å². The summed E-state index contributed by atoms with van der Waals surface area (Å²) in [6.07, 6.45) is 1.49. The maximum atomic E-state index is 9.00. The zero-order valence-corrected chi connectivity index (χ0v) is 10.8. The number of pyridine rings is 1. The third kappa shape index (κ3) is 2.13. The first-order valence-electron chi connectivity index (χ1n) is 6.40. The number of hydrogen-bond acceptors (Lipinski definition) is 4. The summed E-state index contributed by atoms with van der Waals surface area (Å²) in [5.41, 5.74) is 3.33.